The molecule has 1 amide bonds. The van der Waals surface area contributed by atoms with Crippen molar-refractivity contribution in [3.8, 4) is 5.75 Å². The monoisotopic (exact) mass is 324 g/mol. The number of carbonyl (C=O) groups is 1. The average Bonchev–Trinajstić information content (AvgIpc) is 3.03. The fraction of sp³-hybridized carbons (Fsp3) is 0.588. The Labute approximate surface area is 138 Å². The Balaban J connectivity index is 0.00000176. The third kappa shape index (κ3) is 4.62. The number of nitrogens with one attached hydrogen (secondary N) is 2. The van der Waals surface area contributed by atoms with Crippen molar-refractivity contribution in [2.45, 2.75) is 57.1 Å². The van der Waals surface area contributed by atoms with Crippen LogP contribution in [0.25, 0.3) is 0 Å². The molecule has 3 rings (SSSR count). The van der Waals surface area contributed by atoms with E-state index >= 15 is 0 Å². The van der Waals surface area contributed by atoms with Gasteiger partial charge in [-0.3, -0.25) is 4.79 Å². The van der Waals surface area contributed by atoms with Crippen molar-refractivity contribution in [1.29, 1.82) is 0 Å². The number of ether oxygens (including phenoxy) is 1. The van der Waals surface area contributed by atoms with E-state index in [0.717, 1.165) is 50.1 Å². The van der Waals surface area contributed by atoms with Crippen LogP contribution in [0.4, 0.5) is 5.69 Å². The lowest BCUT2D eigenvalue weighted by atomic mass is 10.0. The average molecular weight is 325 g/mol. The van der Waals surface area contributed by atoms with Gasteiger partial charge in [0.1, 0.15) is 5.75 Å². The van der Waals surface area contributed by atoms with Gasteiger partial charge in [0.15, 0.2) is 0 Å². The van der Waals surface area contributed by atoms with Crippen LogP contribution in [-0.2, 0) is 4.79 Å². The number of rotatable bonds is 4. The number of piperidine rings is 1. The summed E-state index contributed by atoms with van der Waals surface area (Å²) >= 11 is 0. The van der Waals surface area contributed by atoms with Gasteiger partial charge in [0.2, 0.25) is 5.91 Å². The van der Waals surface area contributed by atoms with Crippen LogP contribution in [0.5, 0.6) is 5.75 Å². The number of hydrogen-bond acceptors (Lipinski definition) is 3. The van der Waals surface area contributed by atoms with E-state index in [4.69, 9.17) is 4.74 Å². The molecule has 2 N–H and O–H groups in total. The molecule has 2 aliphatic rings. The quantitative estimate of drug-likeness (QED) is 0.891. The fourth-order valence-electron chi connectivity index (χ4n) is 3.12. The van der Waals surface area contributed by atoms with E-state index in [2.05, 4.69) is 10.6 Å². The standard InChI is InChI=1S/C17H24N2O2.ClH/c20-17(16-7-3-4-12-18-16)19-13-8-10-15(11-9-13)21-14-5-1-2-6-14;/h8-11,14,16,18H,1-7,12H2,(H,19,20);1H. The second kappa shape index (κ2) is 8.39. The predicted octanol–water partition coefficient (Wildman–Crippen LogP) is 3.51. The van der Waals surface area contributed by atoms with Crippen LogP contribution >= 0.6 is 12.4 Å². The summed E-state index contributed by atoms with van der Waals surface area (Å²) < 4.78 is 5.93. The van der Waals surface area contributed by atoms with E-state index in [-0.39, 0.29) is 24.4 Å². The highest BCUT2D eigenvalue weighted by atomic mass is 35.5. The smallest absolute Gasteiger partial charge is 0.241 e. The molecule has 1 aliphatic carbocycles. The van der Waals surface area contributed by atoms with Gasteiger partial charge in [-0.15, -0.1) is 12.4 Å². The molecule has 0 aromatic heterocycles. The summed E-state index contributed by atoms with van der Waals surface area (Å²) in [5, 5.41) is 6.24. The van der Waals surface area contributed by atoms with Crippen molar-refractivity contribution in [3.05, 3.63) is 24.3 Å². The molecular formula is C17H25ClN2O2. The minimum Gasteiger partial charge on any atom is -0.490 e. The first-order valence-corrected chi connectivity index (χ1v) is 8.12. The first-order chi connectivity index (χ1) is 10.3. The van der Waals surface area contributed by atoms with Gasteiger partial charge in [0, 0.05) is 5.69 Å². The van der Waals surface area contributed by atoms with Crippen LogP contribution in [0, 0.1) is 0 Å². The molecule has 1 saturated heterocycles. The normalized spacial score (nSPS) is 21.9. The zero-order chi connectivity index (χ0) is 14.5. The third-order valence-electron chi connectivity index (χ3n) is 4.35. The van der Waals surface area contributed by atoms with Crippen LogP contribution < -0.4 is 15.4 Å². The summed E-state index contributed by atoms with van der Waals surface area (Å²) in [7, 11) is 0. The maximum absolute atomic E-state index is 12.1. The molecule has 1 aromatic rings. The summed E-state index contributed by atoms with van der Waals surface area (Å²) in [5.74, 6) is 0.967. The molecule has 1 aliphatic heterocycles. The van der Waals surface area contributed by atoms with Gasteiger partial charge in [0.25, 0.3) is 0 Å². The molecule has 2 fully saturated rings. The predicted molar refractivity (Wildman–Crippen MR) is 90.8 cm³/mol. The number of anilines is 1. The molecule has 1 saturated carbocycles. The molecule has 1 unspecified atom stereocenters. The second-order valence-corrected chi connectivity index (χ2v) is 6.04. The van der Waals surface area contributed by atoms with E-state index in [0.29, 0.717) is 6.10 Å². The van der Waals surface area contributed by atoms with Crippen molar-refractivity contribution in [1.82, 2.24) is 5.32 Å². The largest absolute Gasteiger partial charge is 0.490 e. The van der Waals surface area contributed by atoms with E-state index in [1.54, 1.807) is 0 Å². The molecule has 0 bridgehead atoms. The van der Waals surface area contributed by atoms with E-state index in [9.17, 15) is 4.79 Å². The Hall–Kier alpha value is -1.26. The van der Waals surface area contributed by atoms with Gasteiger partial charge in [-0.2, -0.15) is 0 Å². The summed E-state index contributed by atoms with van der Waals surface area (Å²) in [6.45, 7) is 0.937. The Morgan fingerprint density at radius 1 is 1.05 bits per heavy atom. The Morgan fingerprint density at radius 2 is 1.73 bits per heavy atom. The summed E-state index contributed by atoms with van der Waals surface area (Å²) in [6, 6.07) is 7.69. The maximum Gasteiger partial charge on any atom is 0.241 e. The number of halogens is 1. The van der Waals surface area contributed by atoms with Crippen molar-refractivity contribution in [2.75, 3.05) is 11.9 Å². The van der Waals surface area contributed by atoms with Gasteiger partial charge < -0.3 is 15.4 Å². The van der Waals surface area contributed by atoms with Crippen LogP contribution in [-0.4, -0.2) is 24.6 Å². The Bertz CT molecular complexity index is 466. The van der Waals surface area contributed by atoms with Crippen molar-refractivity contribution < 1.29 is 9.53 Å². The van der Waals surface area contributed by atoms with Gasteiger partial charge in [-0.05, 0) is 69.3 Å². The number of carbonyl (C=O) groups excluding carboxylic acids is 1. The molecule has 4 nitrogen and oxygen atoms in total. The molecular weight excluding hydrogens is 300 g/mol. The Morgan fingerprint density at radius 3 is 2.36 bits per heavy atom. The van der Waals surface area contributed by atoms with Gasteiger partial charge >= 0.3 is 0 Å². The maximum atomic E-state index is 12.1. The zero-order valence-electron chi connectivity index (χ0n) is 12.8. The summed E-state index contributed by atoms with van der Waals surface area (Å²) in [5.41, 5.74) is 0.839. The lowest BCUT2D eigenvalue weighted by Crippen LogP contribution is -2.43. The highest BCUT2D eigenvalue weighted by Gasteiger charge is 2.20. The number of hydrogen-bond donors (Lipinski definition) is 2. The van der Waals surface area contributed by atoms with Crippen molar-refractivity contribution in [2.24, 2.45) is 0 Å². The highest BCUT2D eigenvalue weighted by molar-refractivity contribution is 5.94. The van der Waals surface area contributed by atoms with Crippen LogP contribution in [0.3, 0.4) is 0 Å². The number of benzene rings is 1. The summed E-state index contributed by atoms with van der Waals surface area (Å²) in [4.78, 5) is 12.1. The first kappa shape index (κ1) is 17.1. The van der Waals surface area contributed by atoms with Crippen LogP contribution in [0.15, 0.2) is 24.3 Å². The molecule has 1 atom stereocenters. The third-order valence-corrected chi connectivity index (χ3v) is 4.35. The van der Waals surface area contributed by atoms with Gasteiger partial charge in [-0.25, -0.2) is 0 Å². The molecule has 0 spiro atoms. The van der Waals surface area contributed by atoms with Gasteiger partial charge in [0.05, 0.1) is 12.1 Å². The van der Waals surface area contributed by atoms with E-state index in [1.807, 2.05) is 24.3 Å². The minimum absolute atomic E-state index is 0. The molecule has 5 heteroatoms. The van der Waals surface area contributed by atoms with Crippen LogP contribution in [0.1, 0.15) is 44.9 Å². The van der Waals surface area contributed by atoms with Crippen molar-refractivity contribution in [3.63, 3.8) is 0 Å². The first-order valence-electron chi connectivity index (χ1n) is 8.12. The second-order valence-electron chi connectivity index (χ2n) is 6.04. The summed E-state index contributed by atoms with van der Waals surface area (Å²) in [6.07, 6.45) is 8.44. The van der Waals surface area contributed by atoms with Crippen molar-refractivity contribution >= 4 is 24.0 Å². The molecule has 0 radical (unpaired) electrons. The molecule has 1 heterocycles. The van der Waals surface area contributed by atoms with Gasteiger partial charge in [-0.1, -0.05) is 6.42 Å². The molecule has 22 heavy (non-hydrogen) atoms. The lowest BCUT2D eigenvalue weighted by Gasteiger charge is -2.22. The SMILES string of the molecule is Cl.O=C(Nc1ccc(OC2CCCC2)cc1)C1CCCCN1. The topological polar surface area (TPSA) is 50.4 Å². The molecule has 122 valence electrons. The Kier molecular flexibility index (Phi) is 6.52. The number of amides is 1. The lowest BCUT2D eigenvalue weighted by molar-refractivity contribution is -0.118. The van der Waals surface area contributed by atoms with Crippen LogP contribution in [0.2, 0.25) is 0 Å². The zero-order valence-corrected chi connectivity index (χ0v) is 13.7. The fourth-order valence-corrected chi connectivity index (χ4v) is 3.12. The van der Waals surface area contributed by atoms with E-state index < -0.39 is 0 Å². The highest BCUT2D eigenvalue weighted by Crippen LogP contribution is 2.25. The molecule has 1 aromatic carbocycles. The van der Waals surface area contributed by atoms with E-state index in [1.165, 1.54) is 12.8 Å². The minimum atomic E-state index is -0.0480.